The number of aromatic nitrogens is 2. The van der Waals surface area contributed by atoms with Crippen LogP contribution in [-0.2, 0) is 12.7 Å². The number of aliphatic hydroxyl groups excluding tert-OH is 1. The third-order valence-electron chi connectivity index (χ3n) is 3.02. The van der Waals surface area contributed by atoms with Gasteiger partial charge in [-0.1, -0.05) is 19.1 Å². The largest absolute Gasteiger partial charge is 0.416 e. The van der Waals surface area contributed by atoms with Gasteiger partial charge in [-0.3, -0.25) is 0 Å². The summed E-state index contributed by atoms with van der Waals surface area (Å²) in [6.07, 6.45) is -1.65. The first-order chi connectivity index (χ1) is 9.43. The topological polar surface area (TPSA) is 38.0 Å². The molecule has 0 aliphatic heterocycles. The standard InChI is InChI=1S/C14H15F3N2O/c1-2-6-19-9-18-8-12(19)13(20)10-4-3-5-11(7-10)14(15,16)17/h3-5,7-9,13,20H,2,6H2,1H3. The van der Waals surface area contributed by atoms with E-state index < -0.39 is 17.8 Å². The smallest absolute Gasteiger partial charge is 0.382 e. The maximum atomic E-state index is 12.7. The number of benzene rings is 1. The molecule has 3 nitrogen and oxygen atoms in total. The quantitative estimate of drug-likeness (QED) is 0.934. The zero-order valence-electron chi connectivity index (χ0n) is 10.9. The van der Waals surface area contributed by atoms with Crippen LogP contribution in [-0.4, -0.2) is 14.7 Å². The van der Waals surface area contributed by atoms with Crippen LogP contribution in [0.15, 0.2) is 36.8 Å². The Morgan fingerprint density at radius 3 is 2.75 bits per heavy atom. The molecule has 1 unspecified atom stereocenters. The molecule has 108 valence electrons. The van der Waals surface area contributed by atoms with Crippen LogP contribution < -0.4 is 0 Å². The predicted octanol–water partition coefficient (Wildman–Crippen LogP) is 3.39. The number of alkyl halides is 3. The highest BCUT2D eigenvalue weighted by molar-refractivity contribution is 5.31. The predicted molar refractivity (Wildman–Crippen MR) is 68.0 cm³/mol. The van der Waals surface area contributed by atoms with Crippen LogP contribution in [0.1, 0.15) is 36.3 Å². The average Bonchev–Trinajstić information content (AvgIpc) is 2.86. The van der Waals surface area contributed by atoms with E-state index in [-0.39, 0.29) is 5.56 Å². The van der Waals surface area contributed by atoms with Gasteiger partial charge in [-0.25, -0.2) is 4.98 Å². The van der Waals surface area contributed by atoms with Gasteiger partial charge >= 0.3 is 6.18 Å². The minimum Gasteiger partial charge on any atom is -0.382 e. The molecule has 1 aromatic heterocycles. The molecular formula is C14H15F3N2O. The average molecular weight is 284 g/mol. The lowest BCUT2D eigenvalue weighted by Gasteiger charge is -2.15. The van der Waals surface area contributed by atoms with Crippen molar-refractivity contribution < 1.29 is 18.3 Å². The minimum atomic E-state index is -4.42. The van der Waals surface area contributed by atoms with Crippen LogP contribution in [0.25, 0.3) is 0 Å². The summed E-state index contributed by atoms with van der Waals surface area (Å²) in [6.45, 7) is 2.63. The molecule has 0 radical (unpaired) electrons. The number of aliphatic hydroxyl groups is 1. The van der Waals surface area contributed by atoms with Gasteiger partial charge in [0.2, 0.25) is 0 Å². The van der Waals surface area contributed by atoms with Gasteiger partial charge < -0.3 is 9.67 Å². The maximum absolute atomic E-state index is 12.7. The summed E-state index contributed by atoms with van der Waals surface area (Å²) in [4.78, 5) is 3.94. The number of halogens is 3. The molecule has 0 saturated carbocycles. The number of aryl methyl sites for hydroxylation is 1. The lowest BCUT2D eigenvalue weighted by molar-refractivity contribution is -0.137. The lowest BCUT2D eigenvalue weighted by Crippen LogP contribution is -2.10. The van der Waals surface area contributed by atoms with Crippen molar-refractivity contribution >= 4 is 0 Å². The van der Waals surface area contributed by atoms with Crippen molar-refractivity contribution in [3.05, 3.63) is 53.6 Å². The highest BCUT2D eigenvalue weighted by atomic mass is 19.4. The molecule has 6 heteroatoms. The first-order valence-corrected chi connectivity index (χ1v) is 6.28. The Hall–Kier alpha value is -1.82. The van der Waals surface area contributed by atoms with E-state index in [0.29, 0.717) is 12.2 Å². The molecule has 1 N–H and O–H groups in total. The second-order valence-corrected chi connectivity index (χ2v) is 4.54. The van der Waals surface area contributed by atoms with E-state index in [4.69, 9.17) is 0 Å². The molecule has 0 aliphatic rings. The van der Waals surface area contributed by atoms with Crippen LogP contribution in [0.2, 0.25) is 0 Å². The molecule has 1 aromatic carbocycles. The second-order valence-electron chi connectivity index (χ2n) is 4.54. The first-order valence-electron chi connectivity index (χ1n) is 6.28. The number of hydrogen-bond acceptors (Lipinski definition) is 2. The van der Waals surface area contributed by atoms with Gasteiger partial charge in [-0.05, 0) is 24.1 Å². The molecule has 20 heavy (non-hydrogen) atoms. The number of hydrogen-bond donors (Lipinski definition) is 1. The Morgan fingerprint density at radius 2 is 2.10 bits per heavy atom. The van der Waals surface area contributed by atoms with Crippen molar-refractivity contribution in [2.45, 2.75) is 32.2 Å². The van der Waals surface area contributed by atoms with Gasteiger partial charge in [0.1, 0.15) is 6.10 Å². The molecule has 1 heterocycles. The van der Waals surface area contributed by atoms with Crippen LogP contribution in [0, 0.1) is 0 Å². The molecule has 0 aliphatic carbocycles. The normalized spacial score (nSPS) is 13.4. The fourth-order valence-electron chi connectivity index (χ4n) is 2.04. The molecule has 0 bridgehead atoms. The highest BCUT2D eigenvalue weighted by Gasteiger charge is 2.31. The van der Waals surface area contributed by atoms with Crippen LogP contribution in [0.3, 0.4) is 0 Å². The van der Waals surface area contributed by atoms with E-state index in [1.165, 1.54) is 18.3 Å². The molecule has 1 atom stereocenters. The molecule has 2 rings (SSSR count). The number of rotatable bonds is 4. The summed E-state index contributed by atoms with van der Waals surface area (Å²) in [7, 11) is 0. The zero-order valence-corrected chi connectivity index (χ0v) is 10.9. The van der Waals surface area contributed by atoms with Gasteiger partial charge in [-0.2, -0.15) is 13.2 Å². The molecule has 2 aromatic rings. The van der Waals surface area contributed by atoms with Gasteiger partial charge in [-0.15, -0.1) is 0 Å². The molecular weight excluding hydrogens is 269 g/mol. The van der Waals surface area contributed by atoms with Gasteiger partial charge in [0, 0.05) is 6.54 Å². The van der Waals surface area contributed by atoms with E-state index in [1.54, 1.807) is 10.9 Å². The summed E-state index contributed by atoms with van der Waals surface area (Å²) >= 11 is 0. The molecule has 0 spiro atoms. The maximum Gasteiger partial charge on any atom is 0.416 e. The van der Waals surface area contributed by atoms with Crippen LogP contribution in [0.4, 0.5) is 13.2 Å². The van der Waals surface area contributed by atoms with Crippen molar-refractivity contribution in [2.75, 3.05) is 0 Å². The Labute approximate surface area is 114 Å². The van der Waals surface area contributed by atoms with E-state index in [1.807, 2.05) is 6.92 Å². The fraction of sp³-hybridized carbons (Fsp3) is 0.357. The summed E-state index contributed by atoms with van der Waals surface area (Å²) in [6, 6.07) is 4.72. The third-order valence-corrected chi connectivity index (χ3v) is 3.02. The van der Waals surface area contributed by atoms with E-state index in [2.05, 4.69) is 4.98 Å². The van der Waals surface area contributed by atoms with Gasteiger partial charge in [0.15, 0.2) is 0 Å². The van der Waals surface area contributed by atoms with Gasteiger partial charge in [0.05, 0.1) is 23.8 Å². The lowest BCUT2D eigenvalue weighted by atomic mass is 10.0. The van der Waals surface area contributed by atoms with Crippen LogP contribution >= 0.6 is 0 Å². The van der Waals surface area contributed by atoms with E-state index in [0.717, 1.165) is 18.6 Å². The third kappa shape index (κ3) is 3.01. The summed E-state index contributed by atoms with van der Waals surface area (Å²) in [5, 5.41) is 10.3. The van der Waals surface area contributed by atoms with E-state index >= 15 is 0 Å². The zero-order chi connectivity index (χ0) is 14.8. The Morgan fingerprint density at radius 1 is 1.35 bits per heavy atom. The number of nitrogens with zero attached hydrogens (tertiary/aromatic N) is 2. The van der Waals surface area contributed by atoms with Crippen LogP contribution in [0.5, 0.6) is 0 Å². The second kappa shape index (κ2) is 5.66. The monoisotopic (exact) mass is 284 g/mol. The van der Waals surface area contributed by atoms with Crippen molar-refractivity contribution in [1.82, 2.24) is 9.55 Å². The van der Waals surface area contributed by atoms with Crippen molar-refractivity contribution in [3.63, 3.8) is 0 Å². The van der Waals surface area contributed by atoms with Crippen molar-refractivity contribution in [3.8, 4) is 0 Å². The van der Waals surface area contributed by atoms with Gasteiger partial charge in [0.25, 0.3) is 0 Å². The van der Waals surface area contributed by atoms with Crippen molar-refractivity contribution in [1.29, 1.82) is 0 Å². The Bertz CT molecular complexity index is 578. The summed E-state index contributed by atoms with van der Waals surface area (Å²) in [5.74, 6) is 0. The Kier molecular flexibility index (Phi) is 4.13. The summed E-state index contributed by atoms with van der Waals surface area (Å²) in [5.41, 5.74) is -0.0699. The Balaban J connectivity index is 2.33. The van der Waals surface area contributed by atoms with Crippen molar-refractivity contribution in [2.24, 2.45) is 0 Å². The first kappa shape index (κ1) is 14.6. The number of imidazole rings is 1. The SMILES string of the molecule is CCCn1cncc1C(O)c1cccc(C(F)(F)F)c1. The molecule has 0 fully saturated rings. The highest BCUT2D eigenvalue weighted by Crippen LogP contribution is 2.32. The summed E-state index contributed by atoms with van der Waals surface area (Å²) < 4.78 is 39.8. The fourth-order valence-corrected chi connectivity index (χ4v) is 2.04. The van der Waals surface area contributed by atoms with E-state index in [9.17, 15) is 18.3 Å². The molecule has 0 saturated heterocycles. The minimum absolute atomic E-state index is 0.206. The molecule has 0 amide bonds.